The SMILES string of the molecule is Cc1ccc(S(=O)(=O)N2[C@@H](COc3ccccc3)CC(C[Si](C)(C)C)S2(=O)=O)cc1. The van der Waals surface area contributed by atoms with E-state index in [0.717, 1.165) is 9.27 Å². The number of aryl methyl sites for hydroxylation is 1. The number of rotatable bonds is 7. The summed E-state index contributed by atoms with van der Waals surface area (Å²) in [7, 11) is -10.00. The van der Waals surface area contributed by atoms with Gasteiger partial charge in [0, 0.05) is 8.07 Å². The van der Waals surface area contributed by atoms with Crippen molar-refractivity contribution >= 4 is 28.1 Å². The quantitative estimate of drug-likeness (QED) is 0.578. The zero-order chi connectivity index (χ0) is 22.2. The Hall–Kier alpha value is -1.68. The van der Waals surface area contributed by atoms with E-state index in [0.29, 0.717) is 11.8 Å². The zero-order valence-corrected chi connectivity index (χ0v) is 20.4. The van der Waals surface area contributed by atoms with Crippen molar-refractivity contribution < 1.29 is 21.6 Å². The fraction of sp³-hybridized carbons (Fsp3) is 0.429. The average molecular weight is 468 g/mol. The van der Waals surface area contributed by atoms with Crippen LogP contribution in [-0.4, -0.2) is 46.5 Å². The molecule has 0 amide bonds. The van der Waals surface area contributed by atoms with E-state index in [1.165, 1.54) is 12.1 Å². The van der Waals surface area contributed by atoms with Gasteiger partial charge in [-0.15, -0.1) is 0 Å². The maximum absolute atomic E-state index is 13.4. The third-order valence-corrected chi connectivity index (χ3v) is 12.0. The third kappa shape index (κ3) is 4.96. The van der Waals surface area contributed by atoms with Crippen molar-refractivity contribution in [3.63, 3.8) is 0 Å². The first kappa shape index (κ1) is 23.0. The second-order valence-corrected chi connectivity index (χ2v) is 18.7. The predicted molar refractivity (Wildman–Crippen MR) is 121 cm³/mol. The largest absolute Gasteiger partial charge is 0.492 e. The third-order valence-electron chi connectivity index (χ3n) is 5.09. The molecule has 3 rings (SSSR count). The highest BCUT2D eigenvalue weighted by atomic mass is 32.3. The van der Waals surface area contributed by atoms with Gasteiger partial charge < -0.3 is 4.74 Å². The summed E-state index contributed by atoms with van der Waals surface area (Å²) in [6.07, 6.45) is 0.241. The molecular weight excluding hydrogens is 438 g/mol. The van der Waals surface area contributed by atoms with Crippen LogP contribution in [0, 0.1) is 6.92 Å². The normalized spacial score (nSPS) is 22.1. The number of sulfonamides is 2. The van der Waals surface area contributed by atoms with Crippen molar-refractivity contribution in [3.8, 4) is 5.75 Å². The summed E-state index contributed by atoms with van der Waals surface area (Å²) in [4.78, 5) is -0.0185. The minimum atomic E-state index is -4.22. The first-order valence-electron chi connectivity index (χ1n) is 9.94. The molecule has 30 heavy (non-hydrogen) atoms. The molecule has 0 N–H and O–H groups in total. The van der Waals surface area contributed by atoms with E-state index in [2.05, 4.69) is 19.6 Å². The number of hydrogen-bond donors (Lipinski definition) is 0. The molecule has 1 aliphatic rings. The number of nitrogens with zero attached hydrogens (tertiary/aromatic N) is 1. The summed E-state index contributed by atoms with van der Waals surface area (Å²) >= 11 is 0. The summed E-state index contributed by atoms with van der Waals surface area (Å²) < 4.78 is 60.1. The van der Waals surface area contributed by atoms with Crippen molar-refractivity contribution in [1.29, 1.82) is 0 Å². The van der Waals surface area contributed by atoms with Crippen molar-refractivity contribution in [1.82, 2.24) is 3.71 Å². The lowest BCUT2D eigenvalue weighted by molar-refractivity contribution is 0.249. The lowest BCUT2D eigenvalue weighted by atomic mass is 10.2. The van der Waals surface area contributed by atoms with Crippen LogP contribution >= 0.6 is 0 Å². The van der Waals surface area contributed by atoms with Crippen molar-refractivity contribution in [3.05, 3.63) is 60.2 Å². The molecule has 1 unspecified atom stereocenters. The molecule has 2 aromatic rings. The molecule has 1 fully saturated rings. The smallest absolute Gasteiger partial charge is 0.256 e. The molecule has 1 heterocycles. The monoisotopic (exact) mass is 467 g/mol. The molecule has 164 valence electrons. The molecule has 0 radical (unpaired) electrons. The highest BCUT2D eigenvalue weighted by Crippen LogP contribution is 2.38. The minimum absolute atomic E-state index is 0.0173. The Labute approximate surface area is 181 Å². The van der Waals surface area contributed by atoms with Gasteiger partial charge in [-0.05, 0) is 43.7 Å². The topological polar surface area (TPSA) is 80.8 Å². The Morgan fingerprint density at radius 2 is 1.63 bits per heavy atom. The van der Waals surface area contributed by atoms with Crippen LogP contribution < -0.4 is 4.74 Å². The summed E-state index contributed by atoms with van der Waals surface area (Å²) in [5.41, 5.74) is 0.902. The molecule has 0 saturated carbocycles. The van der Waals surface area contributed by atoms with Gasteiger partial charge in [0.25, 0.3) is 10.0 Å². The number of ether oxygens (including phenoxy) is 1. The van der Waals surface area contributed by atoms with Gasteiger partial charge in [0.1, 0.15) is 12.4 Å². The minimum Gasteiger partial charge on any atom is -0.492 e. The fourth-order valence-corrected chi connectivity index (χ4v) is 11.9. The van der Waals surface area contributed by atoms with E-state index in [1.54, 1.807) is 24.3 Å². The maximum atomic E-state index is 13.4. The van der Waals surface area contributed by atoms with Crippen molar-refractivity contribution in [2.24, 2.45) is 0 Å². The molecular formula is C21H29NO5S2Si. The Balaban J connectivity index is 1.98. The van der Waals surface area contributed by atoms with Gasteiger partial charge in [-0.2, -0.15) is 0 Å². The molecule has 9 heteroatoms. The van der Waals surface area contributed by atoms with Crippen LogP contribution in [0.25, 0.3) is 0 Å². The molecule has 1 aliphatic heterocycles. The van der Waals surface area contributed by atoms with Crippen LogP contribution in [-0.2, 0) is 20.0 Å². The van der Waals surface area contributed by atoms with E-state index in [1.807, 2.05) is 25.1 Å². The predicted octanol–water partition coefficient (Wildman–Crippen LogP) is 3.87. The van der Waals surface area contributed by atoms with Gasteiger partial charge in [-0.25, -0.2) is 16.8 Å². The van der Waals surface area contributed by atoms with Gasteiger partial charge >= 0.3 is 0 Å². The molecule has 0 bridgehead atoms. The Morgan fingerprint density at radius 1 is 1.03 bits per heavy atom. The van der Waals surface area contributed by atoms with Crippen LogP contribution in [0.3, 0.4) is 0 Å². The fourth-order valence-electron chi connectivity index (χ4n) is 3.72. The summed E-state index contributed by atoms with van der Waals surface area (Å²) in [6.45, 7) is 8.11. The van der Waals surface area contributed by atoms with Crippen molar-refractivity contribution in [2.45, 2.75) is 55.2 Å². The molecule has 2 aromatic carbocycles. The molecule has 2 atom stereocenters. The molecule has 0 aromatic heterocycles. The molecule has 1 saturated heterocycles. The molecule has 0 aliphatic carbocycles. The van der Waals surface area contributed by atoms with Crippen molar-refractivity contribution in [2.75, 3.05) is 6.61 Å². The van der Waals surface area contributed by atoms with Crippen LogP contribution in [0.4, 0.5) is 0 Å². The van der Waals surface area contributed by atoms with Gasteiger partial charge in [0.05, 0.1) is 16.2 Å². The van der Waals surface area contributed by atoms with E-state index < -0.39 is 39.4 Å². The first-order valence-corrected chi connectivity index (χ1v) is 16.6. The van der Waals surface area contributed by atoms with Gasteiger partial charge in [-0.3, -0.25) is 0 Å². The standard InChI is InChI=1S/C21H29NO5S2Si/c1-17-10-12-20(13-11-17)28(23,24)22-18(15-27-19-8-6-5-7-9-19)14-21(29(22,25)26)16-30(2,3)4/h5-13,18,21H,14-16H2,1-4H3/t18-,21?/m1/s1. The molecule has 6 nitrogen and oxygen atoms in total. The Kier molecular flexibility index (Phi) is 6.48. The van der Waals surface area contributed by atoms with Gasteiger partial charge in [0.2, 0.25) is 10.0 Å². The highest BCUT2D eigenvalue weighted by Gasteiger charge is 2.53. The van der Waals surface area contributed by atoms with E-state index >= 15 is 0 Å². The number of benzene rings is 2. The van der Waals surface area contributed by atoms with E-state index in [9.17, 15) is 16.8 Å². The Morgan fingerprint density at radius 3 is 2.20 bits per heavy atom. The summed E-state index contributed by atoms with van der Waals surface area (Å²) in [5, 5.41) is -0.714. The van der Waals surface area contributed by atoms with Gasteiger partial charge in [-0.1, -0.05) is 59.2 Å². The van der Waals surface area contributed by atoms with Crippen LogP contribution in [0.1, 0.15) is 12.0 Å². The van der Waals surface area contributed by atoms with Crippen LogP contribution in [0.2, 0.25) is 25.7 Å². The second-order valence-electron chi connectivity index (χ2n) is 8.99. The second kappa shape index (κ2) is 8.45. The number of hydrogen-bond acceptors (Lipinski definition) is 5. The summed E-state index contributed by atoms with van der Waals surface area (Å²) in [6, 6.07) is 15.0. The maximum Gasteiger partial charge on any atom is 0.256 e. The van der Waals surface area contributed by atoms with Crippen LogP contribution in [0.5, 0.6) is 5.75 Å². The van der Waals surface area contributed by atoms with Crippen LogP contribution in [0.15, 0.2) is 59.5 Å². The average Bonchev–Trinajstić information content (AvgIpc) is 2.90. The van der Waals surface area contributed by atoms with E-state index in [4.69, 9.17) is 4.74 Å². The zero-order valence-electron chi connectivity index (χ0n) is 17.8. The highest BCUT2D eigenvalue weighted by molar-refractivity contribution is 8.04. The summed E-state index contributed by atoms with van der Waals surface area (Å²) in [5.74, 6) is 0.580. The van der Waals surface area contributed by atoms with Gasteiger partial charge in [0.15, 0.2) is 0 Å². The Bertz CT molecular complexity index is 1080. The van der Waals surface area contributed by atoms with E-state index in [-0.39, 0.29) is 17.9 Å². The molecule has 0 spiro atoms. The first-order chi connectivity index (χ1) is 13.9. The number of para-hydroxylation sites is 1. The lowest BCUT2D eigenvalue weighted by Crippen LogP contribution is -2.42. The lowest BCUT2D eigenvalue weighted by Gasteiger charge is -2.24.